The molecule has 0 radical (unpaired) electrons. The van der Waals surface area contributed by atoms with Crippen molar-refractivity contribution in [2.75, 3.05) is 0 Å². The lowest BCUT2D eigenvalue weighted by Crippen LogP contribution is -2.02. The summed E-state index contributed by atoms with van der Waals surface area (Å²) in [5.41, 5.74) is 0. The van der Waals surface area contributed by atoms with Crippen molar-refractivity contribution >= 4 is 22.9 Å². The fraction of sp³-hybridized carbons (Fsp3) is 0.143. The summed E-state index contributed by atoms with van der Waals surface area (Å²) in [6.07, 6.45) is -1.84. The fourth-order valence-corrected chi connectivity index (χ4v) is 1.78. The van der Waals surface area contributed by atoms with Crippen LogP contribution in [0.2, 0.25) is 5.15 Å². The van der Waals surface area contributed by atoms with Crippen LogP contribution in [0.5, 0.6) is 0 Å². The first-order valence-corrected chi connectivity index (χ1v) is 4.91. The summed E-state index contributed by atoms with van der Waals surface area (Å²) in [5.74, 6) is 0. The van der Waals surface area contributed by atoms with E-state index in [2.05, 4.69) is 10.1 Å². The molecule has 0 amide bonds. The van der Waals surface area contributed by atoms with Gasteiger partial charge in [0.1, 0.15) is 5.00 Å². The van der Waals surface area contributed by atoms with Gasteiger partial charge in [-0.3, -0.25) is 0 Å². The van der Waals surface area contributed by atoms with Crippen LogP contribution >= 0.6 is 22.9 Å². The first-order chi connectivity index (χ1) is 6.97. The largest absolute Gasteiger partial charge is 0.443 e. The van der Waals surface area contributed by atoms with Gasteiger partial charge in [-0.2, -0.15) is 18.3 Å². The van der Waals surface area contributed by atoms with Gasteiger partial charge >= 0.3 is 6.18 Å². The van der Waals surface area contributed by atoms with Crippen molar-refractivity contribution in [3.05, 3.63) is 28.6 Å². The number of aromatic nitrogens is 3. The third-order valence-corrected chi connectivity index (χ3v) is 2.75. The van der Waals surface area contributed by atoms with Crippen LogP contribution in [0.15, 0.2) is 18.5 Å². The molecule has 0 saturated carbocycles. The molecule has 3 nitrogen and oxygen atoms in total. The summed E-state index contributed by atoms with van der Waals surface area (Å²) in [5, 5.41) is 3.35. The molecule has 0 N–H and O–H groups in total. The molecule has 0 spiro atoms. The van der Waals surface area contributed by atoms with Crippen LogP contribution in [0.4, 0.5) is 13.2 Å². The monoisotopic (exact) mass is 253 g/mol. The average Bonchev–Trinajstić information content (AvgIpc) is 2.69. The van der Waals surface area contributed by atoms with Crippen LogP contribution in [0.25, 0.3) is 5.00 Å². The van der Waals surface area contributed by atoms with Crippen LogP contribution < -0.4 is 0 Å². The van der Waals surface area contributed by atoms with Gasteiger partial charge in [0.2, 0.25) is 0 Å². The Morgan fingerprint density at radius 2 is 2.13 bits per heavy atom. The number of halogens is 4. The summed E-state index contributed by atoms with van der Waals surface area (Å²) in [4.78, 5) is 3.26. The average molecular weight is 254 g/mol. The molecule has 2 aromatic rings. The molecule has 0 unspecified atom stereocenters. The molecule has 2 rings (SSSR count). The summed E-state index contributed by atoms with van der Waals surface area (Å²) in [7, 11) is 0. The predicted octanol–water partition coefficient (Wildman–Crippen LogP) is 3.00. The van der Waals surface area contributed by atoms with Crippen LogP contribution in [0, 0.1) is 0 Å². The van der Waals surface area contributed by atoms with E-state index in [1.54, 1.807) is 0 Å². The number of nitrogens with zero attached hydrogens (tertiary/aromatic N) is 3. The molecule has 80 valence electrons. The fourth-order valence-electron chi connectivity index (χ4n) is 0.927. The molecule has 0 bridgehead atoms. The number of thiazole rings is 1. The number of hydrogen-bond acceptors (Lipinski definition) is 3. The highest BCUT2D eigenvalue weighted by Gasteiger charge is 2.34. The van der Waals surface area contributed by atoms with E-state index >= 15 is 0 Å². The summed E-state index contributed by atoms with van der Waals surface area (Å²) >= 11 is 6.05. The highest BCUT2D eigenvalue weighted by molar-refractivity contribution is 7.14. The maximum atomic E-state index is 12.2. The molecule has 0 atom stereocenters. The minimum absolute atomic E-state index is 0.219. The Labute approximate surface area is 91.1 Å². The van der Waals surface area contributed by atoms with E-state index in [-0.39, 0.29) is 10.2 Å². The van der Waals surface area contributed by atoms with Gasteiger partial charge in [0, 0.05) is 6.20 Å². The first kappa shape index (κ1) is 10.4. The van der Waals surface area contributed by atoms with Gasteiger partial charge in [-0.05, 0) is 6.07 Å². The number of hydrogen-bond donors (Lipinski definition) is 0. The molecule has 2 heterocycles. The van der Waals surface area contributed by atoms with Crippen molar-refractivity contribution in [3.8, 4) is 5.00 Å². The topological polar surface area (TPSA) is 30.7 Å². The molecule has 8 heteroatoms. The van der Waals surface area contributed by atoms with Crippen molar-refractivity contribution in [1.29, 1.82) is 0 Å². The molecule has 0 aromatic carbocycles. The Kier molecular flexibility index (Phi) is 2.43. The van der Waals surface area contributed by atoms with Crippen molar-refractivity contribution in [3.63, 3.8) is 0 Å². The van der Waals surface area contributed by atoms with Crippen molar-refractivity contribution in [2.45, 2.75) is 6.18 Å². The zero-order chi connectivity index (χ0) is 11.1. The summed E-state index contributed by atoms with van der Waals surface area (Å²) in [6, 6.07) is 1.48. The van der Waals surface area contributed by atoms with E-state index in [1.807, 2.05) is 0 Å². The molecule has 0 fully saturated rings. The second-order valence-corrected chi connectivity index (χ2v) is 3.98. The Balaban J connectivity index is 2.36. The molecule has 15 heavy (non-hydrogen) atoms. The highest BCUT2D eigenvalue weighted by Crippen LogP contribution is 2.33. The SMILES string of the molecule is FC(F)(F)c1ncc(-n2ccc(Cl)n2)s1. The van der Waals surface area contributed by atoms with Crippen LogP contribution in [-0.2, 0) is 6.18 Å². The quantitative estimate of drug-likeness (QED) is 0.782. The minimum Gasteiger partial charge on any atom is -0.238 e. The summed E-state index contributed by atoms with van der Waals surface area (Å²) in [6.45, 7) is 0. The van der Waals surface area contributed by atoms with Gasteiger partial charge in [-0.25, -0.2) is 9.67 Å². The van der Waals surface area contributed by atoms with Gasteiger partial charge in [-0.1, -0.05) is 22.9 Å². The molecule has 2 aromatic heterocycles. The molecular weight excluding hydrogens is 251 g/mol. The van der Waals surface area contributed by atoms with Crippen LogP contribution in [0.3, 0.4) is 0 Å². The second kappa shape index (κ2) is 3.49. The second-order valence-electron chi connectivity index (χ2n) is 2.58. The van der Waals surface area contributed by atoms with E-state index in [0.29, 0.717) is 11.3 Å². The van der Waals surface area contributed by atoms with Gasteiger partial charge in [0.15, 0.2) is 10.2 Å². The van der Waals surface area contributed by atoms with Crippen LogP contribution in [-0.4, -0.2) is 14.8 Å². The molecule has 0 aliphatic heterocycles. The maximum Gasteiger partial charge on any atom is 0.443 e. The Bertz CT molecular complexity index is 476. The smallest absolute Gasteiger partial charge is 0.238 e. The number of alkyl halides is 3. The third kappa shape index (κ3) is 2.13. The van der Waals surface area contributed by atoms with Gasteiger partial charge in [-0.15, -0.1) is 0 Å². The first-order valence-electron chi connectivity index (χ1n) is 3.71. The van der Waals surface area contributed by atoms with Crippen molar-refractivity contribution in [1.82, 2.24) is 14.8 Å². The lowest BCUT2D eigenvalue weighted by Gasteiger charge is -1.98. The van der Waals surface area contributed by atoms with Gasteiger partial charge in [0.05, 0.1) is 6.20 Å². The normalized spacial score (nSPS) is 12.0. The summed E-state index contributed by atoms with van der Waals surface area (Å²) < 4.78 is 37.9. The van der Waals surface area contributed by atoms with Crippen molar-refractivity contribution in [2.24, 2.45) is 0 Å². The van der Waals surface area contributed by atoms with Gasteiger partial charge < -0.3 is 0 Å². The van der Waals surface area contributed by atoms with E-state index in [4.69, 9.17) is 11.6 Å². The predicted molar refractivity (Wildman–Crippen MR) is 49.2 cm³/mol. The molecule has 0 aliphatic carbocycles. The molecule has 0 saturated heterocycles. The standard InChI is InChI=1S/C7H3ClF3N3S/c8-4-1-2-14(13-4)5-3-12-6(15-5)7(9,10)11/h1-3H. The van der Waals surface area contributed by atoms with E-state index in [1.165, 1.54) is 16.9 Å². The highest BCUT2D eigenvalue weighted by atomic mass is 35.5. The van der Waals surface area contributed by atoms with E-state index in [9.17, 15) is 13.2 Å². The Hall–Kier alpha value is -1.08. The van der Waals surface area contributed by atoms with Crippen LogP contribution in [0.1, 0.15) is 5.01 Å². The van der Waals surface area contributed by atoms with Gasteiger partial charge in [0.25, 0.3) is 0 Å². The lowest BCUT2D eigenvalue weighted by atomic mass is 10.7. The maximum absolute atomic E-state index is 12.2. The Morgan fingerprint density at radius 3 is 2.60 bits per heavy atom. The number of rotatable bonds is 1. The lowest BCUT2D eigenvalue weighted by molar-refractivity contribution is -0.137. The zero-order valence-corrected chi connectivity index (χ0v) is 8.57. The Morgan fingerprint density at radius 1 is 1.40 bits per heavy atom. The molecular formula is C7H3ClF3N3S. The third-order valence-electron chi connectivity index (χ3n) is 1.52. The van der Waals surface area contributed by atoms with Crippen molar-refractivity contribution < 1.29 is 13.2 Å². The van der Waals surface area contributed by atoms with E-state index in [0.717, 1.165) is 6.20 Å². The zero-order valence-electron chi connectivity index (χ0n) is 6.99. The minimum atomic E-state index is -4.42. The molecule has 0 aliphatic rings. The van der Waals surface area contributed by atoms with E-state index < -0.39 is 11.2 Å².